The largest absolute Gasteiger partial charge is 0.456 e. The van der Waals surface area contributed by atoms with Gasteiger partial charge in [0.15, 0.2) is 17.5 Å². The van der Waals surface area contributed by atoms with E-state index in [1.165, 1.54) is 13.8 Å². The van der Waals surface area contributed by atoms with Crippen molar-refractivity contribution in [1.82, 2.24) is 0 Å². The van der Waals surface area contributed by atoms with Crippen LogP contribution in [0, 0.1) is 12.8 Å². The number of cyclic esters (lactones) is 2. The van der Waals surface area contributed by atoms with Gasteiger partial charge in [0.05, 0.1) is 5.56 Å². The lowest BCUT2D eigenvalue weighted by Gasteiger charge is -2.32. The van der Waals surface area contributed by atoms with Crippen molar-refractivity contribution in [3.05, 3.63) is 58.0 Å². The second kappa shape index (κ2) is 5.64. The standard InChI is InChI=1S/C20H16O7/c1-9-13(8-12-18(23)26-20(2,3)27-19(12)24)25-17-14(9)15(21)10-6-4-5-7-11(10)16(17)22/h4-7,12H,8H2,1-3H3. The molecular weight excluding hydrogens is 352 g/mol. The van der Waals surface area contributed by atoms with Gasteiger partial charge >= 0.3 is 11.9 Å². The van der Waals surface area contributed by atoms with Crippen LogP contribution in [0.5, 0.6) is 0 Å². The highest BCUT2D eigenvalue weighted by Gasteiger charge is 2.45. The fourth-order valence-electron chi connectivity index (χ4n) is 3.42. The molecule has 7 nitrogen and oxygen atoms in total. The van der Waals surface area contributed by atoms with E-state index in [2.05, 4.69) is 0 Å². The first-order chi connectivity index (χ1) is 12.7. The van der Waals surface area contributed by atoms with Crippen LogP contribution in [0.25, 0.3) is 0 Å². The Kier molecular flexibility index (Phi) is 3.59. The molecule has 4 rings (SSSR count). The zero-order valence-corrected chi connectivity index (χ0v) is 15.0. The Bertz CT molecular complexity index is 1000. The number of ether oxygens (including phenoxy) is 2. The van der Waals surface area contributed by atoms with Crippen molar-refractivity contribution in [2.24, 2.45) is 5.92 Å². The van der Waals surface area contributed by atoms with Gasteiger partial charge in [-0.2, -0.15) is 0 Å². The molecule has 0 bridgehead atoms. The molecule has 0 spiro atoms. The topological polar surface area (TPSA) is 99.9 Å². The summed E-state index contributed by atoms with van der Waals surface area (Å²) in [7, 11) is 0. The Morgan fingerprint density at radius 1 is 0.926 bits per heavy atom. The van der Waals surface area contributed by atoms with Crippen LogP contribution >= 0.6 is 0 Å². The van der Waals surface area contributed by atoms with Crippen molar-refractivity contribution in [1.29, 1.82) is 0 Å². The highest BCUT2D eigenvalue weighted by Crippen LogP contribution is 2.35. The van der Waals surface area contributed by atoms with Gasteiger partial charge in [-0.3, -0.25) is 19.2 Å². The number of esters is 2. The summed E-state index contributed by atoms with van der Waals surface area (Å²) < 4.78 is 15.9. The molecule has 138 valence electrons. The van der Waals surface area contributed by atoms with Crippen LogP contribution < -0.4 is 0 Å². The molecular formula is C20H16O7. The molecule has 1 aliphatic heterocycles. The zero-order chi connectivity index (χ0) is 19.5. The molecule has 0 atom stereocenters. The summed E-state index contributed by atoms with van der Waals surface area (Å²) >= 11 is 0. The molecule has 1 aromatic carbocycles. The van der Waals surface area contributed by atoms with Crippen molar-refractivity contribution < 1.29 is 33.1 Å². The van der Waals surface area contributed by atoms with Crippen LogP contribution in [-0.2, 0) is 25.5 Å². The Morgan fingerprint density at radius 2 is 1.48 bits per heavy atom. The second-order valence-electron chi connectivity index (χ2n) is 7.06. The third-order valence-electron chi connectivity index (χ3n) is 4.75. The van der Waals surface area contributed by atoms with Crippen LogP contribution in [0.2, 0.25) is 0 Å². The molecule has 0 saturated carbocycles. The number of furan rings is 1. The number of hydrogen-bond donors (Lipinski definition) is 0. The summed E-state index contributed by atoms with van der Waals surface area (Å²) in [6.07, 6.45) is -0.149. The van der Waals surface area contributed by atoms with E-state index in [0.717, 1.165) is 0 Å². The van der Waals surface area contributed by atoms with Crippen molar-refractivity contribution in [3.63, 3.8) is 0 Å². The van der Waals surface area contributed by atoms with Gasteiger partial charge in [0.1, 0.15) is 5.76 Å². The minimum Gasteiger partial charge on any atom is -0.456 e. The lowest BCUT2D eigenvalue weighted by Crippen LogP contribution is -2.47. The predicted octanol–water partition coefficient (Wildman–Crippen LogP) is 2.36. The van der Waals surface area contributed by atoms with Crippen molar-refractivity contribution in [2.75, 3.05) is 0 Å². The quantitative estimate of drug-likeness (QED) is 0.506. The van der Waals surface area contributed by atoms with Gasteiger partial charge in [-0.1, -0.05) is 24.3 Å². The van der Waals surface area contributed by atoms with Gasteiger partial charge in [0, 0.05) is 37.0 Å². The zero-order valence-electron chi connectivity index (χ0n) is 15.0. The lowest BCUT2D eigenvalue weighted by molar-refractivity contribution is -0.239. The highest BCUT2D eigenvalue weighted by atomic mass is 16.7. The van der Waals surface area contributed by atoms with Crippen LogP contribution in [-0.4, -0.2) is 29.3 Å². The summed E-state index contributed by atoms with van der Waals surface area (Å²) in [4.78, 5) is 49.9. The minimum atomic E-state index is -1.32. The van der Waals surface area contributed by atoms with E-state index in [4.69, 9.17) is 13.9 Å². The molecule has 1 aliphatic carbocycles. The molecule has 0 amide bonds. The first-order valence-corrected chi connectivity index (χ1v) is 8.46. The average Bonchev–Trinajstić information content (AvgIpc) is 2.92. The van der Waals surface area contributed by atoms with Crippen LogP contribution in [0.3, 0.4) is 0 Å². The summed E-state index contributed by atoms with van der Waals surface area (Å²) in [5.41, 5.74) is 1.19. The molecule has 0 radical (unpaired) electrons. The van der Waals surface area contributed by atoms with Crippen molar-refractivity contribution in [3.8, 4) is 0 Å². The van der Waals surface area contributed by atoms with Gasteiger partial charge in [0.2, 0.25) is 5.78 Å². The first kappa shape index (κ1) is 17.2. The maximum atomic E-state index is 12.8. The molecule has 0 N–H and O–H groups in total. The normalized spacial score (nSPS) is 18.6. The molecule has 1 aromatic heterocycles. The van der Waals surface area contributed by atoms with Gasteiger partial charge in [-0.05, 0) is 6.92 Å². The summed E-state index contributed by atoms with van der Waals surface area (Å²) in [5.74, 6) is -4.56. The number of rotatable bonds is 2. The average molecular weight is 368 g/mol. The number of ketones is 2. The van der Waals surface area contributed by atoms with Crippen molar-refractivity contribution in [2.45, 2.75) is 33.0 Å². The maximum Gasteiger partial charge on any atom is 0.324 e. The monoisotopic (exact) mass is 368 g/mol. The van der Waals surface area contributed by atoms with E-state index >= 15 is 0 Å². The van der Waals surface area contributed by atoms with E-state index < -0.39 is 29.4 Å². The van der Waals surface area contributed by atoms with E-state index in [1.807, 2.05) is 0 Å². The molecule has 2 heterocycles. The molecule has 2 aromatic rings. The van der Waals surface area contributed by atoms with E-state index in [0.29, 0.717) is 11.1 Å². The number of benzene rings is 1. The Balaban J connectivity index is 1.72. The summed E-state index contributed by atoms with van der Waals surface area (Å²) in [5, 5.41) is 0. The molecule has 7 heteroatoms. The summed E-state index contributed by atoms with van der Waals surface area (Å²) in [6.45, 7) is 4.55. The fraction of sp³-hybridized carbons (Fsp3) is 0.300. The molecule has 1 fully saturated rings. The molecule has 2 aliphatic rings. The third-order valence-corrected chi connectivity index (χ3v) is 4.75. The molecule has 27 heavy (non-hydrogen) atoms. The number of hydrogen-bond acceptors (Lipinski definition) is 7. The summed E-state index contributed by atoms with van der Waals surface area (Å²) in [6, 6.07) is 6.50. The van der Waals surface area contributed by atoms with Gasteiger partial charge in [0.25, 0.3) is 5.79 Å². The first-order valence-electron chi connectivity index (χ1n) is 8.46. The third kappa shape index (κ3) is 2.58. The smallest absolute Gasteiger partial charge is 0.324 e. The fourth-order valence-corrected chi connectivity index (χ4v) is 3.42. The Hall–Kier alpha value is -3.22. The SMILES string of the molecule is Cc1c(CC2C(=O)OC(C)(C)OC2=O)oc2c1C(=O)c1ccccc1C2=O. The minimum absolute atomic E-state index is 0.0657. The van der Waals surface area contributed by atoms with Crippen molar-refractivity contribution >= 4 is 23.5 Å². The van der Waals surface area contributed by atoms with Crippen LogP contribution in [0.1, 0.15) is 57.2 Å². The number of fused-ring (bicyclic) bond motifs is 2. The Morgan fingerprint density at radius 3 is 2.07 bits per heavy atom. The Labute approximate surface area is 154 Å². The van der Waals surface area contributed by atoms with Gasteiger partial charge < -0.3 is 13.9 Å². The van der Waals surface area contributed by atoms with E-state index in [-0.39, 0.29) is 34.9 Å². The highest BCUT2D eigenvalue weighted by molar-refractivity contribution is 6.28. The van der Waals surface area contributed by atoms with E-state index in [9.17, 15) is 19.2 Å². The van der Waals surface area contributed by atoms with E-state index in [1.54, 1.807) is 31.2 Å². The second-order valence-corrected chi connectivity index (χ2v) is 7.06. The van der Waals surface area contributed by atoms with Crippen LogP contribution in [0.15, 0.2) is 28.7 Å². The van der Waals surface area contributed by atoms with Gasteiger partial charge in [-0.25, -0.2) is 0 Å². The number of carbonyl (C=O) groups excluding carboxylic acids is 4. The van der Waals surface area contributed by atoms with Crippen LogP contribution in [0.4, 0.5) is 0 Å². The predicted molar refractivity (Wildman–Crippen MR) is 90.2 cm³/mol. The lowest BCUT2D eigenvalue weighted by atomic mass is 9.86. The molecule has 1 saturated heterocycles. The van der Waals surface area contributed by atoms with Gasteiger partial charge in [-0.15, -0.1) is 0 Å². The molecule has 0 unspecified atom stereocenters. The maximum absolute atomic E-state index is 12.8. The number of carbonyl (C=O) groups is 4.